The van der Waals surface area contributed by atoms with Crippen LogP contribution in [0.1, 0.15) is 31.4 Å². The van der Waals surface area contributed by atoms with Gasteiger partial charge in [-0.25, -0.2) is 0 Å². The third-order valence-electron chi connectivity index (χ3n) is 3.33. The summed E-state index contributed by atoms with van der Waals surface area (Å²) in [6.45, 7) is 0. The number of aromatic amines is 1. The van der Waals surface area contributed by atoms with E-state index >= 15 is 0 Å². The van der Waals surface area contributed by atoms with Crippen molar-refractivity contribution in [3.05, 3.63) is 24.0 Å². The van der Waals surface area contributed by atoms with Gasteiger partial charge in [-0.05, 0) is 37.8 Å². The first-order valence-corrected chi connectivity index (χ1v) is 5.20. The van der Waals surface area contributed by atoms with Gasteiger partial charge in [0.25, 0.3) is 0 Å². The van der Waals surface area contributed by atoms with Gasteiger partial charge in [0.05, 0.1) is 6.10 Å². The Hall–Kier alpha value is -1.29. The minimum Gasteiger partial charge on any atom is -0.481 e. The molecular formula is C11H15NO3. The summed E-state index contributed by atoms with van der Waals surface area (Å²) in [6, 6.07) is 3.62. The number of hydrogen-bond donors (Lipinski definition) is 3. The predicted octanol–water partition coefficient (Wildman–Crippen LogP) is 1.27. The lowest BCUT2D eigenvalue weighted by molar-refractivity contribution is -0.146. The van der Waals surface area contributed by atoms with Crippen LogP contribution in [0.4, 0.5) is 0 Å². The fourth-order valence-corrected chi connectivity index (χ4v) is 2.32. The average Bonchev–Trinajstić information content (AvgIpc) is 2.72. The zero-order valence-electron chi connectivity index (χ0n) is 8.44. The van der Waals surface area contributed by atoms with E-state index in [4.69, 9.17) is 0 Å². The summed E-state index contributed by atoms with van der Waals surface area (Å²) in [5.41, 5.74) is -0.0650. The molecule has 3 N–H and O–H groups in total. The highest BCUT2D eigenvalue weighted by molar-refractivity contribution is 5.80. The molecule has 4 heteroatoms. The van der Waals surface area contributed by atoms with Crippen LogP contribution in [0.25, 0.3) is 0 Å². The zero-order chi connectivity index (χ0) is 10.9. The number of carbonyl (C=O) groups is 1. The number of carboxylic acid groups (broad SMARTS) is 1. The second-order valence-corrected chi connectivity index (χ2v) is 4.20. The molecule has 0 saturated heterocycles. The highest BCUT2D eigenvalue weighted by Crippen LogP contribution is 2.38. The number of H-pyrrole nitrogens is 1. The normalized spacial score (nSPS) is 31.4. The molecule has 1 aromatic heterocycles. The van der Waals surface area contributed by atoms with Crippen LogP contribution in [-0.2, 0) is 10.2 Å². The molecule has 1 saturated carbocycles. The van der Waals surface area contributed by atoms with Crippen molar-refractivity contribution in [2.75, 3.05) is 0 Å². The van der Waals surface area contributed by atoms with E-state index in [2.05, 4.69) is 4.98 Å². The Morgan fingerprint density at radius 3 is 2.60 bits per heavy atom. The summed E-state index contributed by atoms with van der Waals surface area (Å²) >= 11 is 0. The van der Waals surface area contributed by atoms with E-state index in [0.717, 1.165) is 5.69 Å². The number of hydrogen-bond acceptors (Lipinski definition) is 2. The summed E-state index contributed by atoms with van der Waals surface area (Å²) in [7, 11) is 0. The number of aliphatic hydroxyl groups excluding tert-OH is 1. The van der Waals surface area contributed by atoms with Crippen molar-refractivity contribution in [3.8, 4) is 0 Å². The molecule has 0 aliphatic heterocycles. The Bertz CT molecular complexity index is 337. The van der Waals surface area contributed by atoms with Crippen LogP contribution in [0.5, 0.6) is 0 Å². The average molecular weight is 209 g/mol. The topological polar surface area (TPSA) is 73.3 Å². The highest BCUT2D eigenvalue weighted by Gasteiger charge is 2.43. The standard InChI is InChI=1S/C11H15NO3/c13-8-3-5-11(6-4-8,10(14)15)9-2-1-7-12-9/h1-2,7-8,12-13H,3-6H2,(H,14,15). The fraction of sp³-hybridized carbons (Fsp3) is 0.545. The Morgan fingerprint density at radius 2 is 2.13 bits per heavy atom. The summed E-state index contributed by atoms with van der Waals surface area (Å²) in [5.74, 6) is -0.795. The maximum Gasteiger partial charge on any atom is 0.315 e. The van der Waals surface area contributed by atoms with Crippen molar-refractivity contribution < 1.29 is 15.0 Å². The quantitative estimate of drug-likeness (QED) is 0.686. The molecule has 0 amide bonds. The smallest absolute Gasteiger partial charge is 0.315 e. The first-order valence-electron chi connectivity index (χ1n) is 5.20. The SMILES string of the molecule is O=C(O)C1(c2ccc[nH]2)CCC(O)CC1. The van der Waals surface area contributed by atoms with Gasteiger partial charge < -0.3 is 15.2 Å². The molecule has 0 spiro atoms. The third-order valence-corrected chi connectivity index (χ3v) is 3.33. The monoisotopic (exact) mass is 209 g/mol. The van der Waals surface area contributed by atoms with Crippen LogP contribution in [0.15, 0.2) is 18.3 Å². The molecule has 0 radical (unpaired) electrons. The fourth-order valence-electron chi connectivity index (χ4n) is 2.32. The van der Waals surface area contributed by atoms with E-state index in [-0.39, 0.29) is 6.10 Å². The Kier molecular flexibility index (Phi) is 2.52. The Morgan fingerprint density at radius 1 is 1.47 bits per heavy atom. The van der Waals surface area contributed by atoms with Gasteiger partial charge in [0, 0.05) is 11.9 Å². The summed E-state index contributed by atoms with van der Waals surface area (Å²) < 4.78 is 0. The lowest BCUT2D eigenvalue weighted by atomic mass is 9.71. The molecule has 0 bridgehead atoms. The van der Waals surface area contributed by atoms with Crippen molar-refractivity contribution in [3.63, 3.8) is 0 Å². The van der Waals surface area contributed by atoms with E-state index < -0.39 is 11.4 Å². The zero-order valence-corrected chi connectivity index (χ0v) is 8.44. The van der Waals surface area contributed by atoms with Crippen molar-refractivity contribution in [2.45, 2.75) is 37.2 Å². The molecule has 2 rings (SSSR count). The maximum absolute atomic E-state index is 11.4. The van der Waals surface area contributed by atoms with Crippen molar-refractivity contribution >= 4 is 5.97 Å². The highest BCUT2D eigenvalue weighted by atomic mass is 16.4. The van der Waals surface area contributed by atoms with Gasteiger partial charge in [-0.3, -0.25) is 4.79 Å². The van der Waals surface area contributed by atoms with Gasteiger partial charge in [0.2, 0.25) is 0 Å². The first kappa shape index (κ1) is 10.2. The van der Waals surface area contributed by atoms with Gasteiger partial charge in [-0.15, -0.1) is 0 Å². The first-order chi connectivity index (χ1) is 7.15. The molecule has 15 heavy (non-hydrogen) atoms. The second kappa shape index (κ2) is 3.70. The molecule has 0 unspecified atom stereocenters. The molecule has 4 nitrogen and oxygen atoms in total. The molecule has 1 fully saturated rings. The molecule has 82 valence electrons. The van der Waals surface area contributed by atoms with E-state index in [9.17, 15) is 15.0 Å². The molecular weight excluding hydrogens is 194 g/mol. The van der Waals surface area contributed by atoms with Gasteiger partial charge >= 0.3 is 5.97 Å². The van der Waals surface area contributed by atoms with E-state index in [1.165, 1.54) is 0 Å². The van der Waals surface area contributed by atoms with Crippen LogP contribution < -0.4 is 0 Å². The number of aliphatic hydroxyl groups is 1. The number of rotatable bonds is 2. The van der Waals surface area contributed by atoms with Gasteiger partial charge in [-0.2, -0.15) is 0 Å². The summed E-state index contributed by atoms with van der Waals surface area (Å²) in [6.07, 6.45) is 3.53. The summed E-state index contributed by atoms with van der Waals surface area (Å²) in [4.78, 5) is 14.4. The lowest BCUT2D eigenvalue weighted by Gasteiger charge is -2.34. The second-order valence-electron chi connectivity index (χ2n) is 4.20. The minimum atomic E-state index is -0.817. The van der Waals surface area contributed by atoms with Crippen molar-refractivity contribution in [2.24, 2.45) is 0 Å². The minimum absolute atomic E-state index is 0.340. The van der Waals surface area contributed by atoms with Crippen LogP contribution in [-0.4, -0.2) is 27.3 Å². The van der Waals surface area contributed by atoms with Crippen molar-refractivity contribution in [1.29, 1.82) is 0 Å². The van der Waals surface area contributed by atoms with Crippen LogP contribution >= 0.6 is 0 Å². The van der Waals surface area contributed by atoms with E-state index in [1.54, 1.807) is 6.20 Å². The van der Waals surface area contributed by atoms with E-state index in [1.807, 2.05) is 12.1 Å². The number of nitrogens with one attached hydrogen (secondary N) is 1. The maximum atomic E-state index is 11.4. The predicted molar refractivity (Wildman–Crippen MR) is 54.6 cm³/mol. The van der Waals surface area contributed by atoms with Crippen molar-refractivity contribution in [1.82, 2.24) is 4.98 Å². The van der Waals surface area contributed by atoms with Crippen LogP contribution in [0.2, 0.25) is 0 Å². The number of carboxylic acids is 1. The third kappa shape index (κ3) is 1.65. The molecule has 1 aliphatic carbocycles. The largest absolute Gasteiger partial charge is 0.481 e. The van der Waals surface area contributed by atoms with Crippen LogP contribution in [0, 0.1) is 0 Å². The summed E-state index contributed by atoms with van der Waals surface area (Å²) in [5, 5.41) is 18.8. The molecule has 1 aliphatic rings. The number of aromatic nitrogens is 1. The lowest BCUT2D eigenvalue weighted by Crippen LogP contribution is -2.41. The van der Waals surface area contributed by atoms with E-state index in [0.29, 0.717) is 25.7 Å². The van der Waals surface area contributed by atoms with Gasteiger partial charge in [0.15, 0.2) is 0 Å². The van der Waals surface area contributed by atoms with Crippen LogP contribution in [0.3, 0.4) is 0 Å². The molecule has 1 heterocycles. The van der Waals surface area contributed by atoms with Gasteiger partial charge in [0.1, 0.15) is 5.41 Å². The molecule has 0 aromatic carbocycles. The Balaban J connectivity index is 2.30. The Labute approximate surface area is 87.9 Å². The number of aliphatic carboxylic acids is 1. The molecule has 0 atom stereocenters. The molecule has 1 aromatic rings. The van der Waals surface area contributed by atoms with Gasteiger partial charge in [-0.1, -0.05) is 0 Å².